The molecule has 0 saturated carbocycles. The Kier molecular flexibility index (Phi) is 7.08. The molecular formula is C16H19ClN4O3. The molecule has 1 amide bonds. The fourth-order valence-corrected chi connectivity index (χ4v) is 2.03. The van der Waals surface area contributed by atoms with Crippen molar-refractivity contribution in [1.82, 2.24) is 5.32 Å². The van der Waals surface area contributed by atoms with Crippen LogP contribution in [0.5, 0.6) is 0 Å². The zero-order valence-corrected chi connectivity index (χ0v) is 14.1. The van der Waals surface area contributed by atoms with Crippen LogP contribution in [0, 0.1) is 17.2 Å². The number of carboxylic acid groups (broad SMARTS) is 1. The Morgan fingerprint density at radius 2 is 2.12 bits per heavy atom. The van der Waals surface area contributed by atoms with Gasteiger partial charge in [0.05, 0.1) is 10.7 Å². The molecule has 1 rings (SSSR count). The number of carboxylic acids is 1. The summed E-state index contributed by atoms with van der Waals surface area (Å²) in [7, 11) is 0. The number of anilines is 2. The SMILES string of the molecule is CC(C)CC(NC(=O)/C(C#N)=C\Nc1ccc(N)c(Cl)c1)C(=O)O. The van der Waals surface area contributed by atoms with Crippen molar-refractivity contribution >= 4 is 34.9 Å². The molecule has 0 bridgehead atoms. The van der Waals surface area contributed by atoms with E-state index >= 15 is 0 Å². The number of nitrogens with two attached hydrogens (primary N) is 1. The smallest absolute Gasteiger partial charge is 0.326 e. The maximum atomic E-state index is 12.1. The van der Waals surface area contributed by atoms with Gasteiger partial charge < -0.3 is 21.5 Å². The lowest BCUT2D eigenvalue weighted by Crippen LogP contribution is -2.42. The summed E-state index contributed by atoms with van der Waals surface area (Å²) < 4.78 is 0. The molecule has 1 aromatic rings. The van der Waals surface area contributed by atoms with Crippen LogP contribution in [0.3, 0.4) is 0 Å². The number of nitrogens with one attached hydrogen (secondary N) is 2. The number of amides is 1. The highest BCUT2D eigenvalue weighted by Crippen LogP contribution is 2.22. The number of benzene rings is 1. The Bertz CT molecular complexity index is 695. The topological polar surface area (TPSA) is 128 Å². The van der Waals surface area contributed by atoms with Gasteiger partial charge in [0, 0.05) is 11.9 Å². The first-order valence-electron chi connectivity index (χ1n) is 7.20. The molecule has 0 aliphatic carbocycles. The highest BCUT2D eigenvalue weighted by Gasteiger charge is 2.22. The molecule has 7 nitrogen and oxygen atoms in total. The lowest BCUT2D eigenvalue weighted by Gasteiger charge is -2.16. The number of carbonyl (C=O) groups excluding carboxylic acids is 1. The third-order valence-electron chi connectivity index (χ3n) is 3.06. The van der Waals surface area contributed by atoms with Crippen LogP contribution in [0.2, 0.25) is 5.02 Å². The van der Waals surface area contributed by atoms with Crippen LogP contribution < -0.4 is 16.4 Å². The van der Waals surface area contributed by atoms with Crippen molar-refractivity contribution in [2.45, 2.75) is 26.3 Å². The highest BCUT2D eigenvalue weighted by molar-refractivity contribution is 6.33. The Hall–Kier alpha value is -2.72. The Balaban J connectivity index is 2.83. The van der Waals surface area contributed by atoms with Crippen molar-refractivity contribution < 1.29 is 14.7 Å². The fraction of sp³-hybridized carbons (Fsp3) is 0.312. The fourth-order valence-electron chi connectivity index (χ4n) is 1.85. The third kappa shape index (κ3) is 5.82. The number of carbonyl (C=O) groups is 2. The predicted molar refractivity (Wildman–Crippen MR) is 92.2 cm³/mol. The van der Waals surface area contributed by atoms with E-state index in [0.29, 0.717) is 16.4 Å². The van der Waals surface area contributed by atoms with Crippen LogP contribution in [0.25, 0.3) is 0 Å². The van der Waals surface area contributed by atoms with E-state index in [-0.39, 0.29) is 17.9 Å². The number of hydrogen-bond donors (Lipinski definition) is 4. The largest absolute Gasteiger partial charge is 0.480 e. The van der Waals surface area contributed by atoms with Crippen LogP contribution in [0.1, 0.15) is 20.3 Å². The average molecular weight is 351 g/mol. The molecule has 1 aromatic carbocycles. The van der Waals surface area contributed by atoms with Gasteiger partial charge in [0.25, 0.3) is 5.91 Å². The molecular weight excluding hydrogens is 332 g/mol. The quantitative estimate of drug-likeness (QED) is 0.339. The first kappa shape index (κ1) is 19.3. The monoisotopic (exact) mass is 350 g/mol. The number of halogens is 1. The van der Waals surface area contributed by atoms with Crippen molar-refractivity contribution in [2.75, 3.05) is 11.1 Å². The minimum atomic E-state index is -1.15. The standard InChI is InChI=1S/C16H19ClN4O3/c1-9(2)5-14(16(23)24)21-15(22)10(7-18)8-20-11-3-4-13(19)12(17)6-11/h3-4,6,8-9,14,20H,5,19H2,1-2H3,(H,21,22)(H,23,24)/b10-8-. The van der Waals surface area contributed by atoms with E-state index in [4.69, 9.17) is 27.7 Å². The molecule has 0 fully saturated rings. The lowest BCUT2D eigenvalue weighted by molar-refractivity contribution is -0.141. The number of nitriles is 1. The van der Waals surface area contributed by atoms with Gasteiger partial charge in [-0.3, -0.25) is 4.79 Å². The minimum absolute atomic E-state index is 0.0796. The molecule has 128 valence electrons. The van der Waals surface area contributed by atoms with E-state index in [9.17, 15) is 9.59 Å². The Morgan fingerprint density at radius 3 is 2.62 bits per heavy atom. The van der Waals surface area contributed by atoms with Crippen LogP contribution >= 0.6 is 11.6 Å². The molecule has 0 saturated heterocycles. The maximum absolute atomic E-state index is 12.1. The van der Waals surface area contributed by atoms with Gasteiger partial charge in [-0.1, -0.05) is 25.4 Å². The number of hydrogen-bond acceptors (Lipinski definition) is 5. The first-order chi connectivity index (χ1) is 11.2. The van der Waals surface area contributed by atoms with Gasteiger partial charge in [-0.05, 0) is 30.5 Å². The van der Waals surface area contributed by atoms with Crippen LogP contribution in [0.15, 0.2) is 30.0 Å². The second kappa shape index (κ2) is 8.79. The molecule has 5 N–H and O–H groups in total. The van der Waals surface area contributed by atoms with E-state index in [0.717, 1.165) is 0 Å². The zero-order valence-electron chi connectivity index (χ0n) is 13.3. The number of aliphatic carboxylic acids is 1. The predicted octanol–water partition coefficient (Wildman–Crippen LogP) is 2.36. The minimum Gasteiger partial charge on any atom is -0.480 e. The molecule has 1 atom stereocenters. The van der Waals surface area contributed by atoms with E-state index in [1.165, 1.54) is 6.20 Å². The van der Waals surface area contributed by atoms with Crippen LogP contribution in [0.4, 0.5) is 11.4 Å². The van der Waals surface area contributed by atoms with Gasteiger partial charge in [-0.2, -0.15) is 5.26 Å². The van der Waals surface area contributed by atoms with Gasteiger partial charge in [-0.25, -0.2) is 4.79 Å². The first-order valence-corrected chi connectivity index (χ1v) is 7.58. The summed E-state index contributed by atoms with van der Waals surface area (Å²) in [5, 5.41) is 23.7. The van der Waals surface area contributed by atoms with Gasteiger partial charge in [-0.15, -0.1) is 0 Å². The van der Waals surface area contributed by atoms with Gasteiger partial charge in [0.2, 0.25) is 0 Å². The van der Waals surface area contributed by atoms with E-state index in [2.05, 4.69) is 10.6 Å². The summed E-state index contributed by atoms with van der Waals surface area (Å²) in [6, 6.07) is 5.42. The zero-order chi connectivity index (χ0) is 18.3. The second-order valence-corrected chi connectivity index (χ2v) is 5.95. The summed E-state index contributed by atoms with van der Waals surface area (Å²) in [5.41, 5.74) is 6.28. The summed E-state index contributed by atoms with van der Waals surface area (Å²) in [4.78, 5) is 23.2. The molecule has 0 aromatic heterocycles. The van der Waals surface area contributed by atoms with Crippen molar-refractivity contribution in [3.05, 3.63) is 35.0 Å². The Labute approximate surface area is 145 Å². The number of nitrogens with zero attached hydrogens (tertiary/aromatic N) is 1. The molecule has 0 heterocycles. The van der Waals surface area contributed by atoms with Gasteiger partial charge >= 0.3 is 5.97 Å². The Morgan fingerprint density at radius 1 is 1.46 bits per heavy atom. The maximum Gasteiger partial charge on any atom is 0.326 e. The van der Waals surface area contributed by atoms with E-state index < -0.39 is 17.9 Å². The molecule has 0 aliphatic rings. The highest BCUT2D eigenvalue weighted by atomic mass is 35.5. The van der Waals surface area contributed by atoms with Crippen molar-refractivity contribution in [1.29, 1.82) is 5.26 Å². The average Bonchev–Trinajstić information content (AvgIpc) is 2.50. The molecule has 8 heteroatoms. The number of rotatable bonds is 7. The van der Waals surface area contributed by atoms with E-state index in [1.54, 1.807) is 24.3 Å². The lowest BCUT2D eigenvalue weighted by atomic mass is 10.0. The molecule has 1 unspecified atom stereocenters. The molecule has 0 spiro atoms. The third-order valence-corrected chi connectivity index (χ3v) is 3.39. The normalized spacial score (nSPS) is 12.4. The summed E-state index contributed by atoms with van der Waals surface area (Å²) in [6.07, 6.45) is 1.45. The summed E-state index contributed by atoms with van der Waals surface area (Å²) in [6.45, 7) is 3.69. The van der Waals surface area contributed by atoms with Crippen molar-refractivity contribution in [3.8, 4) is 6.07 Å². The second-order valence-electron chi connectivity index (χ2n) is 5.54. The van der Waals surface area contributed by atoms with Crippen molar-refractivity contribution in [3.63, 3.8) is 0 Å². The number of nitrogen functional groups attached to an aromatic ring is 1. The van der Waals surface area contributed by atoms with Crippen molar-refractivity contribution in [2.24, 2.45) is 5.92 Å². The summed E-state index contributed by atoms with van der Waals surface area (Å²) in [5.74, 6) is -1.83. The van der Waals surface area contributed by atoms with E-state index in [1.807, 2.05) is 13.8 Å². The molecule has 0 aliphatic heterocycles. The van der Waals surface area contributed by atoms with Gasteiger partial charge in [0.1, 0.15) is 17.7 Å². The van der Waals surface area contributed by atoms with Crippen LogP contribution in [-0.4, -0.2) is 23.0 Å². The summed E-state index contributed by atoms with van der Waals surface area (Å²) >= 11 is 5.88. The van der Waals surface area contributed by atoms with Crippen LogP contribution in [-0.2, 0) is 9.59 Å². The molecule has 24 heavy (non-hydrogen) atoms. The molecule has 0 radical (unpaired) electrons. The van der Waals surface area contributed by atoms with Gasteiger partial charge in [0.15, 0.2) is 0 Å².